The molecule has 4 fully saturated rings. The first-order valence-electron chi connectivity index (χ1n) is 13.1. The smallest absolute Gasteiger partial charge is 0.255 e. The number of amides is 3. The van der Waals surface area contributed by atoms with E-state index < -0.39 is 6.04 Å². The van der Waals surface area contributed by atoms with Gasteiger partial charge >= 0.3 is 0 Å². The Balaban J connectivity index is 1.10. The molecule has 9 heteroatoms. The highest BCUT2D eigenvalue weighted by Gasteiger charge is 2.42. The van der Waals surface area contributed by atoms with Gasteiger partial charge in [0.25, 0.3) is 5.91 Å². The van der Waals surface area contributed by atoms with Gasteiger partial charge in [-0.1, -0.05) is 6.42 Å². The van der Waals surface area contributed by atoms with E-state index in [4.69, 9.17) is 9.47 Å². The fourth-order valence-electron chi connectivity index (χ4n) is 6.36. The zero-order valence-corrected chi connectivity index (χ0v) is 20.1. The zero-order valence-electron chi connectivity index (χ0n) is 20.1. The maximum absolute atomic E-state index is 13.0. The molecule has 3 saturated heterocycles. The topological polar surface area (TPSA) is 91.4 Å². The van der Waals surface area contributed by atoms with Crippen LogP contribution >= 0.6 is 0 Å². The first-order valence-corrected chi connectivity index (χ1v) is 13.1. The average Bonchev–Trinajstić information content (AvgIpc) is 3.15. The highest BCUT2D eigenvalue weighted by Crippen LogP contribution is 2.34. The van der Waals surface area contributed by atoms with Gasteiger partial charge in [-0.3, -0.25) is 29.5 Å². The first kappa shape index (κ1) is 22.9. The van der Waals surface area contributed by atoms with Gasteiger partial charge in [0.05, 0.1) is 13.2 Å². The molecule has 0 spiro atoms. The lowest BCUT2D eigenvalue weighted by atomic mass is 9.88. The van der Waals surface area contributed by atoms with Gasteiger partial charge in [-0.2, -0.15) is 0 Å². The molecule has 35 heavy (non-hydrogen) atoms. The van der Waals surface area contributed by atoms with Gasteiger partial charge < -0.3 is 14.4 Å². The molecule has 9 nitrogen and oxygen atoms in total. The molecule has 3 atom stereocenters. The van der Waals surface area contributed by atoms with Gasteiger partial charge in [-0.15, -0.1) is 0 Å². The predicted octanol–water partition coefficient (Wildman–Crippen LogP) is 1.15. The monoisotopic (exact) mass is 482 g/mol. The number of likely N-dealkylation sites (tertiary alicyclic amines) is 1. The van der Waals surface area contributed by atoms with Crippen LogP contribution in [0.3, 0.4) is 0 Å². The minimum atomic E-state index is -0.592. The van der Waals surface area contributed by atoms with Crippen molar-refractivity contribution in [2.75, 3.05) is 39.4 Å². The van der Waals surface area contributed by atoms with Crippen LogP contribution in [0.15, 0.2) is 18.2 Å². The molecular weight excluding hydrogens is 448 g/mol. The largest absolute Gasteiger partial charge is 0.489 e. The SMILES string of the molecule is O=C1CCC(N2Cc3cc(O[C@H]4CCCC[C@H]4N4CC(N5CCOCC5)C4)ccc3C2=O)C(=O)N1. The second-order valence-corrected chi connectivity index (χ2v) is 10.5. The number of fused-ring (bicyclic) bond motifs is 1. The van der Waals surface area contributed by atoms with Crippen LogP contribution in [-0.2, 0) is 20.9 Å². The second-order valence-electron chi connectivity index (χ2n) is 10.5. The van der Waals surface area contributed by atoms with Gasteiger partial charge in [-0.25, -0.2) is 0 Å². The van der Waals surface area contributed by atoms with E-state index in [0.29, 0.717) is 30.6 Å². The van der Waals surface area contributed by atoms with E-state index in [1.165, 1.54) is 12.8 Å². The molecule has 4 heterocycles. The summed E-state index contributed by atoms with van der Waals surface area (Å²) in [6.45, 7) is 6.33. The third kappa shape index (κ3) is 4.45. The molecule has 1 N–H and O–H groups in total. The number of nitrogens with one attached hydrogen (secondary N) is 1. The minimum Gasteiger partial charge on any atom is -0.489 e. The van der Waals surface area contributed by atoms with Crippen LogP contribution in [0.4, 0.5) is 0 Å². The summed E-state index contributed by atoms with van der Waals surface area (Å²) in [5.74, 6) is -0.00406. The summed E-state index contributed by atoms with van der Waals surface area (Å²) in [5, 5.41) is 2.36. The molecule has 1 aromatic rings. The number of imide groups is 1. The molecule has 4 aliphatic heterocycles. The van der Waals surface area contributed by atoms with Crippen LogP contribution in [0.25, 0.3) is 0 Å². The maximum atomic E-state index is 13.0. The normalized spacial score (nSPS) is 30.7. The molecular formula is C26H34N4O5. The molecule has 1 saturated carbocycles. The van der Waals surface area contributed by atoms with E-state index in [-0.39, 0.29) is 30.2 Å². The molecule has 3 amide bonds. The van der Waals surface area contributed by atoms with Crippen LogP contribution in [0, 0.1) is 0 Å². The molecule has 0 aromatic heterocycles. The van der Waals surface area contributed by atoms with Crippen molar-refractivity contribution < 1.29 is 23.9 Å². The van der Waals surface area contributed by atoms with Crippen molar-refractivity contribution in [3.63, 3.8) is 0 Å². The van der Waals surface area contributed by atoms with E-state index in [2.05, 4.69) is 15.1 Å². The summed E-state index contributed by atoms with van der Waals surface area (Å²) in [5.41, 5.74) is 1.51. The summed E-state index contributed by atoms with van der Waals surface area (Å²) in [7, 11) is 0. The third-order valence-electron chi connectivity index (χ3n) is 8.37. The van der Waals surface area contributed by atoms with Crippen molar-refractivity contribution in [2.24, 2.45) is 0 Å². The number of nitrogens with zero attached hydrogens (tertiary/aromatic N) is 3. The third-order valence-corrected chi connectivity index (χ3v) is 8.37. The van der Waals surface area contributed by atoms with Crippen molar-refractivity contribution in [3.05, 3.63) is 29.3 Å². The van der Waals surface area contributed by atoms with Crippen LogP contribution in [0.5, 0.6) is 5.75 Å². The van der Waals surface area contributed by atoms with Crippen LogP contribution in [0.1, 0.15) is 54.4 Å². The van der Waals surface area contributed by atoms with E-state index >= 15 is 0 Å². The first-order chi connectivity index (χ1) is 17.1. The van der Waals surface area contributed by atoms with Gasteiger partial charge in [0.1, 0.15) is 17.9 Å². The number of rotatable bonds is 5. The number of carbonyl (C=O) groups excluding carboxylic acids is 3. The summed E-state index contributed by atoms with van der Waals surface area (Å²) in [4.78, 5) is 43.5. The van der Waals surface area contributed by atoms with E-state index in [1.54, 1.807) is 4.90 Å². The van der Waals surface area contributed by atoms with E-state index in [9.17, 15) is 14.4 Å². The molecule has 1 unspecified atom stereocenters. The van der Waals surface area contributed by atoms with Crippen molar-refractivity contribution in [1.29, 1.82) is 0 Å². The van der Waals surface area contributed by atoms with Crippen molar-refractivity contribution in [3.8, 4) is 5.75 Å². The number of piperidine rings is 1. The molecule has 6 rings (SSSR count). The maximum Gasteiger partial charge on any atom is 0.255 e. The van der Waals surface area contributed by atoms with Crippen LogP contribution in [-0.4, -0.2) is 96.0 Å². The Bertz CT molecular complexity index is 1000. The molecule has 188 valence electrons. The molecule has 5 aliphatic rings. The molecule has 0 radical (unpaired) electrons. The Kier molecular flexibility index (Phi) is 6.24. The van der Waals surface area contributed by atoms with Crippen LogP contribution < -0.4 is 10.1 Å². The van der Waals surface area contributed by atoms with Gasteiger partial charge in [0, 0.05) is 56.8 Å². The predicted molar refractivity (Wildman–Crippen MR) is 127 cm³/mol. The quantitative estimate of drug-likeness (QED) is 0.630. The summed E-state index contributed by atoms with van der Waals surface area (Å²) in [6, 6.07) is 6.15. The Hall–Kier alpha value is -2.49. The molecule has 0 bridgehead atoms. The van der Waals surface area contributed by atoms with Gasteiger partial charge in [0.15, 0.2) is 0 Å². The van der Waals surface area contributed by atoms with Crippen molar-refractivity contribution >= 4 is 17.7 Å². The lowest BCUT2D eigenvalue weighted by molar-refractivity contribution is -0.136. The number of hydrogen-bond acceptors (Lipinski definition) is 7. The number of benzene rings is 1. The summed E-state index contributed by atoms with van der Waals surface area (Å²) in [6.07, 6.45) is 5.40. The number of hydrogen-bond donors (Lipinski definition) is 1. The average molecular weight is 483 g/mol. The minimum absolute atomic E-state index is 0.147. The van der Waals surface area contributed by atoms with Gasteiger partial charge in [0.2, 0.25) is 11.8 Å². The van der Waals surface area contributed by atoms with Crippen molar-refractivity contribution in [1.82, 2.24) is 20.0 Å². The number of morpholine rings is 1. The number of carbonyl (C=O) groups is 3. The summed E-state index contributed by atoms with van der Waals surface area (Å²) < 4.78 is 12.1. The summed E-state index contributed by atoms with van der Waals surface area (Å²) >= 11 is 0. The van der Waals surface area contributed by atoms with E-state index in [0.717, 1.165) is 63.5 Å². The molecule has 1 aliphatic carbocycles. The van der Waals surface area contributed by atoms with Crippen molar-refractivity contribution in [2.45, 2.75) is 69.3 Å². The standard InChI is InChI=1S/C26H34N4O5/c31-24-8-7-22(25(32)27-24)30-14-17-13-19(5-6-20(17)26(30)33)35-23-4-2-1-3-21(23)29-15-18(16-29)28-9-11-34-12-10-28/h5-6,13,18,21-23H,1-4,7-12,14-16H2,(H,27,31,32)/t21-,22?,23+/m1/s1. The number of ether oxygens (including phenoxy) is 2. The Labute approximate surface area is 205 Å². The highest BCUT2D eigenvalue weighted by molar-refractivity contribution is 6.05. The fourth-order valence-corrected chi connectivity index (χ4v) is 6.36. The molecule has 1 aromatic carbocycles. The second kappa shape index (κ2) is 9.52. The zero-order chi connectivity index (χ0) is 23.9. The highest BCUT2D eigenvalue weighted by atomic mass is 16.5. The Morgan fingerprint density at radius 2 is 1.77 bits per heavy atom. The van der Waals surface area contributed by atoms with E-state index in [1.807, 2.05) is 18.2 Å². The van der Waals surface area contributed by atoms with Crippen LogP contribution in [0.2, 0.25) is 0 Å². The van der Waals surface area contributed by atoms with Gasteiger partial charge in [-0.05, 0) is 49.4 Å². The fraction of sp³-hybridized carbons (Fsp3) is 0.654. The lowest BCUT2D eigenvalue weighted by Crippen LogP contribution is -2.66. The lowest BCUT2D eigenvalue weighted by Gasteiger charge is -2.52. The Morgan fingerprint density at radius 1 is 0.971 bits per heavy atom. The Morgan fingerprint density at radius 3 is 2.57 bits per heavy atom.